The third kappa shape index (κ3) is 7.40. The molecule has 0 spiro atoms. The highest BCUT2D eigenvalue weighted by Gasteiger charge is 2.62. The number of carbonyl (C=O) groups is 1. The van der Waals surface area contributed by atoms with Crippen molar-refractivity contribution in [2.24, 2.45) is 68.0 Å². The van der Waals surface area contributed by atoms with Crippen LogP contribution in [0.5, 0.6) is 0 Å². The lowest BCUT2D eigenvalue weighted by Gasteiger charge is -2.61. The molecule has 3 N–H and O–H groups in total. The van der Waals surface area contributed by atoms with Gasteiger partial charge in [0.25, 0.3) is 0 Å². The van der Waals surface area contributed by atoms with E-state index in [1.165, 1.54) is 64.2 Å². The fraction of sp³-hybridized carbons (Fsp3) is 0.979. The minimum Gasteiger partial charge on any atom is -0.390 e. The zero-order chi connectivity index (χ0) is 39.0. The molecule has 0 aromatic carbocycles. The van der Waals surface area contributed by atoms with E-state index in [0.717, 1.165) is 56.6 Å². The van der Waals surface area contributed by atoms with Crippen LogP contribution in [0.2, 0.25) is 0 Å². The van der Waals surface area contributed by atoms with Crippen molar-refractivity contribution in [3.05, 3.63) is 0 Å². The van der Waals surface area contributed by atoms with Crippen molar-refractivity contribution in [1.29, 1.82) is 0 Å². The number of aldehydes is 1. The number of aliphatic hydroxyl groups excluding tert-OH is 1. The third-order valence-electron chi connectivity index (χ3n) is 18.8. The molecule has 0 aromatic heterocycles. The van der Waals surface area contributed by atoms with Gasteiger partial charge in [0, 0.05) is 12.8 Å². The standard InChI is InChI=1S/2C16H28O2.C15H28O/c1-14(2)7-5-8-15(3)11(14)6-9-16(4)12(15)10-13(17)18-16;1-14(2)8-5-9-15(3)12(14)6-10-16(4,18)13(15)7-11-17;1-11-14(4)9-6-8-13(2,3)12(14)7-10-15(11,5)16/h11-13,17H,5-10H2,1-4H3;11-13,18H,5-10H2,1-4H3;11-12,16H,6-10H2,1-5H3. The predicted molar refractivity (Wildman–Crippen MR) is 214 cm³/mol. The fourth-order valence-electron chi connectivity index (χ4n) is 15.8. The Balaban J connectivity index is 0.000000151. The number of hydrogen-bond donors (Lipinski definition) is 3. The molecule has 1 heterocycles. The molecule has 7 fully saturated rings. The van der Waals surface area contributed by atoms with Crippen molar-refractivity contribution in [3.8, 4) is 0 Å². The average molecular weight is 729 g/mol. The van der Waals surface area contributed by atoms with Gasteiger partial charge in [0.05, 0.1) is 16.8 Å². The van der Waals surface area contributed by atoms with Gasteiger partial charge in [-0.3, -0.25) is 0 Å². The molecule has 7 aliphatic rings. The van der Waals surface area contributed by atoms with Gasteiger partial charge in [0.2, 0.25) is 0 Å². The van der Waals surface area contributed by atoms with E-state index >= 15 is 0 Å². The average Bonchev–Trinajstić information content (AvgIpc) is 3.32. The Bertz CT molecular complexity index is 1270. The first-order valence-corrected chi connectivity index (χ1v) is 22.0. The summed E-state index contributed by atoms with van der Waals surface area (Å²) in [6, 6.07) is 0. The SMILES string of the molecule is CC1(C)CCCC2(C)C1CCC(C)(O)C2CC=O.CC1(C)CCCC2(C)C1CCC1(C)OC(O)CC12.CC1C(C)(O)CCC2C(C)(C)CCCC21C. The quantitative estimate of drug-likeness (QED) is 0.246. The number of ether oxygens (including phenoxy) is 1. The zero-order valence-corrected chi connectivity index (χ0v) is 36.3. The summed E-state index contributed by atoms with van der Waals surface area (Å²) in [4.78, 5) is 11.0. The molecule has 52 heavy (non-hydrogen) atoms. The van der Waals surface area contributed by atoms with Gasteiger partial charge >= 0.3 is 0 Å². The molecule has 6 saturated carbocycles. The number of aliphatic hydroxyl groups is 3. The van der Waals surface area contributed by atoms with Gasteiger partial charge in [0.15, 0.2) is 6.29 Å². The van der Waals surface area contributed by atoms with Crippen LogP contribution in [0.15, 0.2) is 0 Å². The normalized spacial score (nSPS) is 51.4. The summed E-state index contributed by atoms with van der Waals surface area (Å²) >= 11 is 0. The highest BCUT2D eigenvalue weighted by Crippen LogP contribution is 2.66. The molecule has 5 nitrogen and oxygen atoms in total. The number of carbonyl (C=O) groups excluding carboxylic acids is 1. The second-order valence-electron chi connectivity index (χ2n) is 23.4. The first kappa shape index (κ1) is 42.6. The molecular weight excluding hydrogens is 645 g/mol. The molecule has 0 aromatic rings. The molecule has 302 valence electrons. The van der Waals surface area contributed by atoms with Gasteiger partial charge in [-0.05, 0) is 166 Å². The van der Waals surface area contributed by atoms with Crippen molar-refractivity contribution < 1.29 is 24.9 Å². The Morgan fingerprint density at radius 2 is 0.981 bits per heavy atom. The van der Waals surface area contributed by atoms with E-state index in [1.54, 1.807) is 0 Å². The van der Waals surface area contributed by atoms with E-state index in [-0.39, 0.29) is 16.9 Å². The number of rotatable bonds is 2. The van der Waals surface area contributed by atoms with Crippen LogP contribution < -0.4 is 0 Å². The van der Waals surface area contributed by atoms with Crippen LogP contribution in [-0.2, 0) is 9.53 Å². The maximum atomic E-state index is 11.0. The first-order valence-electron chi connectivity index (χ1n) is 22.0. The zero-order valence-electron chi connectivity index (χ0n) is 36.3. The van der Waals surface area contributed by atoms with Crippen molar-refractivity contribution in [1.82, 2.24) is 0 Å². The summed E-state index contributed by atoms with van der Waals surface area (Å²) in [6.07, 6.45) is 20.1. The molecule has 0 radical (unpaired) electrons. The van der Waals surface area contributed by atoms with E-state index in [1.807, 2.05) is 13.8 Å². The maximum absolute atomic E-state index is 11.0. The summed E-state index contributed by atoms with van der Waals surface area (Å²) in [7, 11) is 0. The molecular formula is C47H84O5. The van der Waals surface area contributed by atoms with Gasteiger partial charge in [-0.15, -0.1) is 0 Å². The lowest BCUT2D eigenvalue weighted by atomic mass is 9.45. The van der Waals surface area contributed by atoms with Crippen LogP contribution in [0.3, 0.4) is 0 Å². The van der Waals surface area contributed by atoms with E-state index in [2.05, 4.69) is 76.2 Å². The molecule has 0 bridgehead atoms. The largest absolute Gasteiger partial charge is 0.390 e. The number of fused-ring (bicyclic) bond motifs is 5. The van der Waals surface area contributed by atoms with Crippen LogP contribution >= 0.6 is 0 Å². The first-order chi connectivity index (χ1) is 23.7. The van der Waals surface area contributed by atoms with Crippen LogP contribution in [0.4, 0.5) is 0 Å². The molecule has 13 unspecified atom stereocenters. The molecule has 1 saturated heterocycles. The summed E-state index contributed by atoms with van der Waals surface area (Å²) < 4.78 is 5.89. The smallest absolute Gasteiger partial charge is 0.155 e. The maximum Gasteiger partial charge on any atom is 0.155 e. The molecule has 7 rings (SSSR count). The summed E-state index contributed by atoms with van der Waals surface area (Å²) in [5, 5.41) is 31.1. The minimum absolute atomic E-state index is 0.0713. The second kappa shape index (κ2) is 14.2. The lowest BCUT2D eigenvalue weighted by Crippen LogP contribution is -2.57. The van der Waals surface area contributed by atoms with E-state index in [4.69, 9.17) is 4.74 Å². The van der Waals surface area contributed by atoms with Crippen molar-refractivity contribution >= 4 is 6.29 Å². The highest BCUT2D eigenvalue weighted by molar-refractivity contribution is 5.50. The van der Waals surface area contributed by atoms with Crippen LogP contribution in [0, 0.1) is 68.0 Å². The van der Waals surface area contributed by atoms with Crippen molar-refractivity contribution in [2.45, 2.75) is 222 Å². The van der Waals surface area contributed by atoms with E-state index in [0.29, 0.717) is 51.2 Å². The molecule has 5 heteroatoms. The topological polar surface area (TPSA) is 87.0 Å². The highest BCUT2D eigenvalue weighted by atomic mass is 16.6. The monoisotopic (exact) mass is 729 g/mol. The Hall–Kier alpha value is -0.490. The van der Waals surface area contributed by atoms with Gasteiger partial charge in [-0.2, -0.15) is 0 Å². The fourth-order valence-corrected chi connectivity index (χ4v) is 15.8. The van der Waals surface area contributed by atoms with Gasteiger partial charge < -0.3 is 24.9 Å². The van der Waals surface area contributed by atoms with Gasteiger partial charge in [0.1, 0.15) is 6.29 Å². The Kier molecular flexibility index (Phi) is 11.6. The van der Waals surface area contributed by atoms with Crippen LogP contribution in [0.25, 0.3) is 0 Å². The molecule has 1 aliphatic heterocycles. The summed E-state index contributed by atoms with van der Waals surface area (Å²) in [5.41, 5.74) is 0.945. The van der Waals surface area contributed by atoms with Crippen LogP contribution in [-0.4, -0.2) is 44.7 Å². The predicted octanol–water partition coefficient (Wildman–Crippen LogP) is 11.3. The summed E-state index contributed by atoms with van der Waals surface area (Å²) in [5.74, 6) is 3.33. The Morgan fingerprint density at radius 3 is 1.50 bits per heavy atom. The van der Waals surface area contributed by atoms with E-state index < -0.39 is 17.5 Å². The van der Waals surface area contributed by atoms with E-state index in [9.17, 15) is 20.1 Å². The lowest BCUT2D eigenvalue weighted by molar-refractivity contribution is -0.181. The molecule has 0 amide bonds. The molecule has 6 aliphatic carbocycles. The van der Waals surface area contributed by atoms with Crippen LogP contribution in [0.1, 0.15) is 199 Å². The van der Waals surface area contributed by atoms with Gasteiger partial charge in [-0.25, -0.2) is 0 Å². The Morgan fingerprint density at radius 1 is 0.558 bits per heavy atom. The minimum atomic E-state index is -0.667. The summed E-state index contributed by atoms with van der Waals surface area (Å²) in [6.45, 7) is 30.2. The molecule has 13 atom stereocenters. The second-order valence-corrected chi connectivity index (χ2v) is 23.4. The number of hydrogen-bond acceptors (Lipinski definition) is 5. The van der Waals surface area contributed by atoms with Crippen molar-refractivity contribution in [3.63, 3.8) is 0 Å². The third-order valence-corrected chi connectivity index (χ3v) is 18.8. The Labute approximate surface area is 320 Å². The van der Waals surface area contributed by atoms with Gasteiger partial charge in [-0.1, -0.05) is 88.5 Å². The van der Waals surface area contributed by atoms with Crippen molar-refractivity contribution in [2.75, 3.05) is 0 Å².